The number of ether oxygens (including phenoxy) is 2. The molecule has 0 atom stereocenters. The van der Waals surface area contributed by atoms with Gasteiger partial charge in [0.25, 0.3) is 0 Å². The zero-order valence-electron chi connectivity index (χ0n) is 22.9. The van der Waals surface area contributed by atoms with Crippen LogP contribution in [0.3, 0.4) is 0 Å². The molecular weight excluding hydrogens is 607 g/mol. The molecule has 2 aromatic carbocycles. The Morgan fingerprint density at radius 1 is 1.12 bits per heavy atom. The van der Waals surface area contributed by atoms with Crippen LogP contribution in [0.5, 0.6) is 0 Å². The van der Waals surface area contributed by atoms with E-state index in [2.05, 4.69) is 40.7 Å². The van der Waals surface area contributed by atoms with Crippen LogP contribution in [-0.4, -0.2) is 60.3 Å². The number of benzene rings is 2. The SMILES string of the molecule is C[Si](C)(C)CCOCn1nc2c(COCC3(c4ccccc4)CCN(C(=O)O)CC3)cc(C(F)(F)F)cc2c1Br. The van der Waals surface area contributed by atoms with Gasteiger partial charge >= 0.3 is 12.3 Å². The Bertz CT molecular complexity index is 1320. The Kier molecular flexibility index (Phi) is 9.33. The predicted octanol–water partition coefficient (Wildman–Crippen LogP) is 7.36. The fourth-order valence-corrected chi connectivity index (χ4v) is 6.19. The predicted molar refractivity (Wildman–Crippen MR) is 153 cm³/mol. The van der Waals surface area contributed by atoms with Crippen molar-refractivity contribution in [2.75, 3.05) is 26.3 Å². The second-order valence-electron chi connectivity index (χ2n) is 11.6. The molecule has 1 aliphatic heterocycles. The van der Waals surface area contributed by atoms with Gasteiger partial charge in [-0.25, -0.2) is 9.48 Å². The first kappa shape index (κ1) is 30.5. The van der Waals surface area contributed by atoms with Gasteiger partial charge in [0.2, 0.25) is 0 Å². The van der Waals surface area contributed by atoms with E-state index in [1.807, 2.05) is 30.3 Å². The summed E-state index contributed by atoms with van der Waals surface area (Å²) in [5, 5.41) is 14.3. The molecule has 1 amide bonds. The molecule has 3 aromatic rings. The van der Waals surface area contributed by atoms with Crippen molar-refractivity contribution in [1.29, 1.82) is 0 Å². The van der Waals surface area contributed by atoms with Crippen LogP contribution in [-0.2, 0) is 34.4 Å². The lowest BCUT2D eigenvalue weighted by Gasteiger charge is -2.41. The van der Waals surface area contributed by atoms with Gasteiger partial charge < -0.3 is 19.5 Å². The summed E-state index contributed by atoms with van der Waals surface area (Å²) in [6, 6.07) is 12.9. The van der Waals surface area contributed by atoms with Crippen LogP contribution in [0.4, 0.5) is 18.0 Å². The molecule has 1 aliphatic rings. The van der Waals surface area contributed by atoms with Crippen molar-refractivity contribution < 1.29 is 32.5 Å². The molecule has 40 heavy (non-hydrogen) atoms. The molecule has 0 saturated carbocycles. The quantitative estimate of drug-likeness (QED) is 0.185. The molecule has 1 saturated heterocycles. The van der Waals surface area contributed by atoms with Gasteiger partial charge in [-0.3, -0.25) is 0 Å². The fourth-order valence-electron chi connectivity index (χ4n) is 4.95. The summed E-state index contributed by atoms with van der Waals surface area (Å²) in [5.41, 5.74) is 0.557. The Morgan fingerprint density at radius 2 is 1.80 bits per heavy atom. The first-order valence-corrected chi connectivity index (χ1v) is 17.7. The maximum atomic E-state index is 13.8. The summed E-state index contributed by atoms with van der Waals surface area (Å²) in [6.45, 7) is 8.31. The standard InChI is InChI=1S/C28H35BrF3N3O4Si/c1-40(2,3)14-13-38-19-35-25(29)23-16-22(28(30,31)32)15-20(24(23)33-35)17-39-18-27(21-7-5-4-6-8-21)9-11-34(12-10-27)26(36)37/h4-8,15-16H,9-14,17-19H2,1-3H3,(H,36,37). The monoisotopic (exact) mass is 641 g/mol. The van der Waals surface area contributed by atoms with Crippen molar-refractivity contribution >= 4 is 41.0 Å². The van der Waals surface area contributed by atoms with Crippen LogP contribution in [0.1, 0.15) is 29.5 Å². The third-order valence-corrected chi connectivity index (χ3v) is 9.95. The highest BCUT2D eigenvalue weighted by molar-refractivity contribution is 9.10. The average molecular weight is 643 g/mol. The van der Waals surface area contributed by atoms with E-state index in [1.54, 1.807) is 0 Å². The molecule has 4 rings (SSSR count). The smallest absolute Gasteiger partial charge is 0.416 e. The Balaban J connectivity index is 1.57. The van der Waals surface area contributed by atoms with E-state index in [1.165, 1.54) is 9.58 Å². The van der Waals surface area contributed by atoms with Gasteiger partial charge in [-0.15, -0.1) is 0 Å². The second kappa shape index (κ2) is 12.2. The maximum Gasteiger partial charge on any atom is 0.416 e. The van der Waals surface area contributed by atoms with Crippen molar-refractivity contribution in [3.8, 4) is 0 Å². The first-order chi connectivity index (χ1) is 18.8. The molecule has 1 N–H and O–H groups in total. The summed E-state index contributed by atoms with van der Waals surface area (Å²) in [5.74, 6) is 0. The van der Waals surface area contributed by atoms with Gasteiger partial charge in [-0.05, 0) is 52.5 Å². The molecule has 0 radical (unpaired) electrons. The lowest BCUT2D eigenvalue weighted by molar-refractivity contribution is -0.137. The zero-order chi connectivity index (χ0) is 29.1. The van der Waals surface area contributed by atoms with E-state index in [-0.39, 0.29) is 19.9 Å². The zero-order valence-corrected chi connectivity index (χ0v) is 25.5. The van der Waals surface area contributed by atoms with Crippen molar-refractivity contribution in [1.82, 2.24) is 14.7 Å². The number of hydrogen-bond acceptors (Lipinski definition) is 4. The van der Waals surface area contributed by atoms with Gasteiger partial charge in [0.1, 0.15) is 11.3 Å². The molecule has 1 fully saturated rings. The largest absolute Gasteiger partial charge is 0.465 e. The number of fused-ring (bicyclic) bond motifs is 1. The number of likely N-dealkylation sites (tertiary alicyclic amines) is 1. The van der Waals surface area contributed by atoms with E-state index >= 15 is 0 Å². The first-order valence-electron chi connectivity index (χ1n) is 13.2. The van der Waals surface area contributed by atoms with E-state index in [9.17, 15) is 23.1 Å². The maximum absolute atomic E-state index is 13.8. The number of piperidine rings is 1. The van der Waals surface area contributed by atoms with Crippen LogP contribution in [0, 0.1) is 0 Å². The summed E-state index contributed by atoms with van der Waals surface area (Å²) >= 11 is 3.43. The number of carboxylic acid groups (broad SMARTS) is 1. The Morgan fingerprint density at radius 3 is 2.40 bits per heavy atom. The molecule has 0 aliphatic carbocycles. The second-order valence-corrected chi connectivity index (χ2v) is 17.9. The highest BCUT2D eigenvalue weighted by atomic mass is 79.9. The minimum atomic E-state index is -4.53. The molecule has 0 bridgehead atoms. The van der Waals surface area contributed by atoms with Gasteiger partial charge in [-0.1, -0.05) is 50.0 Å². The van der Waals surface area contributed by atoms with Crippen molar-refractivity contribution in [2.24, 2.45) is 0 Å². The molecule has 2 heterocycles. The Labute approximate surface area is 241 Å². The number of aromatic nitrogens is 2. The van der Waals surface area contributed by atoms with Gasteiger partial charge in [0.05, 0.1) is 24.3 Å². The number of amides is 1. The highest BCUT2D eigenvalue weighted by Crippen LogP contribution is 2.38. The third-order valence-electron chi connectivity index (χ3n) is 7.41. The number of rotatable bonds is 10. The van der Waals surface area contributed by atoms with E-state index in [4.69, 9.17) is 9.47 Å². The van der Waals surface area contributed by atoms with Gasteiger partial charge in [-0.2, -0.15) is 18.3 Å². The molecule has 12 heteroatoms. The summed E-state index contributed by atoms with van der Waals surface area (Å²) in [7, 11) is -1.29. The molecule has 218 valence electrons. The van der Waals surface area contributed by atoms with Gasteiger partial charge in [0, 0.05) is 44.1 Å². The Hall–Kier alpha value is -2.41. The summed E-state index contributed by atoms with van der Waals surface area (Å²) < 4.78 is 55.4. The number of alkyl halides is 3. The van der Waals surface area contributed by atoms with Crippen LogP contribution >= 0.6 is 15.9 Å². The number of hydrogen-bond donors (Lipinski definition) is 1. The van der Waals surface area contributed by atoms with Crippen molar-refractivity contribution in [2.45, 2.75) is 63.5 Å². The topological polar surface area (TPSA) is 76.8 Å². The third kappa shape index (κ3) is 7.26. The average Bonchev–Trinajstić information content (AvgIpc) is 3.22. The van der Waals surface area contributed by atoms with E-state index < -0.39 is 31.3 Å². The van der Waals surface area contributed by atoms with Crippen LogP contribution in [0.15, 0.2) is 47.1 Å². The molecule has 1 aromatic heterocycles. The molecule has 0 unspecified atom stereocenters. The van der Waals surface area contributed by atoms with E-state index in [0.717, 1.165) is 23.7 Å². The van der Waals surface area contributed by atoms with E-state index in [0.29, 0.717) is 53.6 Å². The van der Waals surface area contributed by atoms with Gasteiger partial charge in [0.15, 0.2) is 0 Å². The van der Waals surface area contributed by atoms with Crippen LogP contribution in [0.25, 0.3) is 10.9 Å². The highest BCUT2D eigenvalue weighted by Gasteiger charge is 2.38. The molecular formula is C28H35BrF3N3O4Si. The minimum Gasteiger partial charge on any atom is -0.465 e. The fraction of sp³-hybridized carbons (Fsp3) is 0.500. The normalized spacial score (nSPS) is 16.0. The minimum absolute atomic E-state index is 0.0718. The van der Waals surface area contributed by atoms with Crippen LogP contribution < -0.4 is 0 Å². The lowest BCUT2D eigenvalue weighted by Crippen LogP contribution is -2.47. The van der Waals surface area contributed by atoms with Crippen molar-refractivity contribution in [3.63, 3.8) is 0 Å². The number of halogens is 4. The number of nitrogens with zero attached hydrogens (tertiary/aromatic N) is 3. The lowest BCUT2D eigenvalue weighted by atomic mass is 9.73. The number of carbonyl (C=O) groups is 1. The molecule has 7 nitrogen and oxygen atoms in total. The summed E-state index contributed by atoms with van der Waals surface area (Å²) in [6.07, 6.45) is -4.39. The molecule has 0 spiro atoms. The summed E-state index contributed by atoms with van der Waals surface area (Å²) in [4.78, 5) is 12.9. The van der Waals surface area contributed by atoms with Crippen molar-refractivity contribution in [3.05, 3.63) is 63.8 Å². The van der Waals surface area contributed by atoms with Crippen LogP contribution in [0.2, 0.25) is 25.7 Å².